The zero-order valence-corrected chi connectivity index (χ0v) is 10.5. The van der Waals surface area contributed by atoms with Crippen molar-refractivity contribution in [2.75, 3.05) is 18.5 Å². The summed E-state index contributed by atoms with van der Waals surface area (Å²) >= 11 is 5.83. The maximum atomic E-state index is 11.7. The van der Waals surface area contributed by atoms with Gasteiger partial charge in [0.1, 0.15) is 16.5 Å². The minimum atomic E-state index is -0.366. The lowest BCUT2D eigenvalue weighted by atomic mass is 10.2. The zero-order chi connectivity index (χ0) is 12.3. The SMILES string of the molecule is CCOC(=O)c1ccc(Cl)nc1NCC1CC1. The van der Waals surface area contributed by atoms with Gasteiger partial charge in [-0.3, -0.25) is 0 Å². The molecule has 0 atom stereocenters. The van der Waals surface area contributed by atoms with Crippen molar-refractivity contribution in [3.05, 3.63) is 22.8 Å². The van der Waals surface area contributed by atoms with Gasteiger partial charge in [-0.05, 0) is 37.8 Å². The minimum absolute atomic E-state index is 0.351. The molecule has 92 valence electrons. The maximum Gasteiger partial charge on any atom is 0.341 e. The van der Waals surface area contributed by atoms with Crippen LogP contribution in [-0.4, -0.2) is 24.1 Å². The molecule has 1 heterocycles. The van der Waals surface area contributed by atoms with Gasteiger partial charge in [-0.2, -0.15) is 0 Å². The molecule has 4 nitrogen and oxygen atoms in total. The van der Waals surface area contributed by atoms with Crippen molar-refractivity contribution in [2.24, 2.45) is 5.92 Å². The Morgan fingerprint density at radius 1 is 1.59 bits per heavy atom. The standard InChI is InChI=1S/C12H15ClN2O2/c1-2-17-12(16)9-5-6-10(13)15-11(9)14-7-8-3-4-8/h5-6,8H,2-4,7H2,1H3,(H,14,15). The van der Waals surface area contributed by atoms with Crippen LogP contribution in [0.25, 0.3) is 0 Å². The molecule has 0 bridgehead atoms. The molecule has 1 fully saturated rings. The maximum absolute atomic E-state index is 11.7. The first-order valence-electron chi connectivity index (χ1n) is 5.78. The number of rotatable bonds is 5. The normalized spacial score (nSPS) is 14.5. The first-order valence-corrected chi connectivity index (χ1v) is 6.16. The van der Waals surface area contributed by atoms with E-state index >= 15 is 0 Å². The van der Waals surface area contributed by atoms with Crippen LogP contribution in [0.15, 0.2) is 12.1 Å². The number of ether oxygens (including phenoxy) is 1. The summed E-state index contributed by atoms with van der Waals surface area (Å²) in [6.45, 7) is 2.96. The van der Waals surface area contributed by atoms with Crippen molar-refractivity contribution in [3.63, 3.8) is 0 Å². The molecule has 1 N–H and O–H groups in total. The summed E-state index contributed by atoms with van der Waals surface area (Å²) in [7, 11) is 0. The van der Waals surface area contributed by atoms with Crippen LogP contribution in [0.2, 0.25) is 5.15 Å². The largest absolute Gasteiger partial charge is 0.462 e. The second-order valence-corrected chi connectivity index (χ2v) is 4.46. The van der Waals surface area contributed by atoms with Crippen LogP contribution in [0.3, 0.4) is 0 Å². The van der Waals surface area contributed by atoms with Crippen molar-refractivity contribution < 1.29 is 9.53 Å². The topological polar surface area (TPSA) is 51.2 Å². The van der Waals surface area contributed by atoms with E-state index in [9.17, 15) is 4.79 Å². The number of pyridine rings is 1. The number of carbonyl (C=O) groups is 1. The smallest absolute Gasteiger partial charge is 0.341 e. The molecule has 0 aliphatic heterocycles. The summed E-state index contributed by atoms with van der Waals surface area (Å²) in [5.74, 6) is 0.851. The lowest BCUT2D eigenvalue weighted by Crippen LogP contribution is -2.13. The summed E-state index contributed by atoms with van der Waals surface area (Å²) in [5, 5.41) is 3.53. The predicted octanol–water partition coefficient (Wildman–Crippen LogP) is 2.73. The Labute approximate surface area is 105 Å². The quantitative estimate of drug-likeness (QED) is 0.648. The monoisotopic (exact) mass is 254 g/mol. The summed E-state index contributed by atoms with van der Waals surface area (Å²) in [6, 6.07) is 3.23. The number of hydrogen-bond acceptors (Lipinski definition) is 4. The summed E-state index contributed by atoms with van der Waals surface area (Å²) in [4.78, 5) is 15.8. The highest BCUT2D eigenvalue weighted by Crippen LogP contribution is 2.29. The van der Waals surface area contributed by atoms with Crippen LogP contribution < -0.4 is 5.32 Å². The number of esters is 1. The Hall–Kier alpha value is -1.29. The van der Waals surface area contributed by atoms with Gasteiger partial charge in [0.15, 0.2) is 0 Å². The molecule has 1 aromatic heterocycles. The third-order valence-electron chi connectivity index (χ3n) is 2.61. The molecule has 1 saturated carbocycles. The Balaban J connectivity index is 2.13. The zero-order valence-electron chi connectivity index (χ0n) is 9.70. The molecular weight excluding hydrogens is 240 g/mol. The van der Waals surface area contributed by atoms with Gasteiger partial charge in [-0.25, -0.2) is 9.78 Å². The van der Waals surface area contributed by atoms with E-state index in [2.05, 4.69) is 10.3 Å². The van der Waals surface area contributed by atoms with Crippen LogP contribution in [0.1, 0.15) is 30.1 Å². The highest BCUT2D eigenvalue weighted by molar-refractivity contribution is 6.29. The molecule has 0 radical (unpaired) electrons. The van der Waals surface area contributed by atoms with Crippen molar-refractivity contribution in [2.45, 2.75) is 19.8 Å². The van der Waals surface area contributed by atoms with Crippen molar-refractivity contribution in [3.8, 4) is 0 Å². The summed E-state index contributed by atoms with van der Waals surface area (Å²) < 4.78 is 4.97. The van der Waals surface area contributed by atoms with Crippen molar-refractivity contribution >= 4 is 23.4 Å². The molecule has 0 spiro atoms. The van der Waals surface area contributed by atoms with Crippen molar-refractivity contribution in [1.82, 2.24) is 4.98 Å². The highest BCUT2D eigenvalue weighted by Gasteiger charge is 2.22. The fraction of sp³-hybridized carbons (Fsp3) is 0.500. The Morgan fingerprint density at radius 2 is 2.35 bits per heavy atom. The molecule has 0 amide bonds. The molecule has 1 aromatic rings. The Kier molecular flexibility index (Phi) is 3.84. The van der Waals surface area contributed by atoms with Gasteiger partial charge in [0.2, 0.25) is 0 Å². The number of carbonyl (C=O) groups excluding carboxylic acids is 1. The number of aromatic nitrogens is 1. The predicted molar refractivity (Wildman–Crippen MR) is 66.4 cm³/mol. The van der Waals surface area contributed by atoms with Gasteiger partial charge in [0.05, 0.1) is 6.61 Å². The van der Waals surface area contributed by atoms with Gasteiger partial charge in [-0.1, -0.05) is 11.6 Å². The lowest BCUT2D eigenvalue weighted by Gasteiger charge is -2.10. The molecule has 2 rings (SSSR count). The van der Waals surface area contributed by atoms with Gasteiger partial charge < -0.3 is 10.1 Å². The third kappa shape index (κ3) is 3.33. The van der Waals surface area contributed by atoms with Crippen LogP contribution in [0.4, 0.5) is 5.82 Å². The summed E-state index contributed by atoms with van der Waals surface area (Å²) in [5.41, 5.74) is 0.442. The van der Waals surface area contributed by atoms with E-state index in [0.29, 0.717) is 29.1 Å². The van der Waals surface area contributed by atoms with E-state index in [1.165, 1.54) is 12.8 Å². The first-order chi connectivity index (χ1) is 8.20. The van der Waals surface area contributed by atoms with Gasteiger partial charge >= 0.3 is 5.97 Å². The molecule has 0 unspecified atom stereocenters. The van der Waals surface area contributed by atoms with E-state index < -0.39 is 0 Å². The summed E-state index contributed by atoms with van der Waals surface area (Å²) in [6.07, 6.45) is 2.48. The van der Waals surface area contributed by atoms with E-state index in [-0.39, 0.29) is 5.97 Å². The van der Waals surface area contributed by atoms with Crippen LogP contribution in [0, 0.1) is 5.92 Å². The lowest BCUT2D eigenvalue weighted by molar-refractivity contribution is 0.0527. The van der Waals surface area contributed by atoms with Crippen LogP contribution in [0.5, 0.6) is 0 Å². The fourth-order valence-corrected chi connectivity index (χ4v) is 1.65. The van der Waals surface area contributed by atoms with Gasteiger partial charge in [0, 0.05) is 6.54 Å². The third-order valence-corrected chi connectivity index (χ3v) is 2.82. The molecule has 17 heavy (non-hydrogen) atoms. The molecule has 0 aromatic carbocycles. The Bertz CT molecular complexity index is 419. The fourth-order valence-electron chi connectivity index (χ4n) is 1.51. The van der Waals surface area contributed by atoms with Gasteiger partial charge in [0.25, 0.3) is 0 Å². The Morgan fingerprint density at radius 3 is 3.00 bits per heavy atom. The van der Waals surface area contributed by atoms with E-state index in [0.717, 1.165) is 6.54 Å². The van der Waals surface area contributed by atoms with E-state index in [1.54, 1.807) is 19.1 Å². The average molecular weight is 255 g/mol. The second-order valence-electron chi connectivity index (χ2n) is 4.07. The molecular formula is C12H15ClN2O2. The van der Waals surface area contributed by atoms with Crippen LogP contribution >= 0.6 is 11.6 Å². The van der Waals surface area contributed by atoms with E-state index in [1.807, 2.05) is 0 Å². The number of hydrogen-bond donors (Lipinski definition) is 1. The van der Waals surface area contributed by atoms with E-state index in [4.69, 9.17) is 16.3 Å². The van der Waals surface area contributed by atoms with Crippen LogP contribution in [-0.2, 0) is 4.74 Å². The number of anilines is 1. The molecule has 1 aliphatic carbocycles. The first kappa shape index (κ1) is 12.2. The second kappa shape index (κ2) is 5.36. The average Bonchev–Trinajstić information content (AvgIpc) is 3.10. The van der Waals surface area contributed by atoms with Crippen molar-refractivity contribution in [1.29, 1.82) is 0 Å². The molecule has 5 heteroatoms. The minimum Gasteiger partial charge on any atom is -0.462 e. The molecule has 0 saturated heterocycles. The number of nitrogens with zero attached hydrogens (tertiary/aromatic N) is 1. The molecule has 1 aliphatic rings. The number of halogens is 1. The number of nitrogens with one attached hydrogen (secondary N) is 1. The highest BCUT2D eigenvalue weighted by atomic mass is 35.5. The van der Waals surface area contributed by atoms with Gasteiger partial charge in [-0.15, -0.1) is 0 Å².